The number of urea groups is 1. The van der Waals surface area contributed by atoms with E-state index in [0.29, 0.717) is 11.0 Å². The van der Waals surface area contributed by atoms with Crippen molar-refractivity contribution in [3.63, 3.8) is 0 Å². The number of thioether (sulfide) groups is 1. The molecule has 0 radical (unpaired) electrons. The Balaban J connectivity index is 2.25. The SMILES string of the molecule is CC(C)C(Sc1nnc(-c2ccc(C(C)(C)C)cc2)n1N)C(=O)NC(N)=O. The molecular formula is C18H26N6O2S. The number of hydrogen-bond acceptors (Lipinski definition) is 6. The summed E-state index contributed by atoms with van der Waals surface area (Å²) in [5, 5.41) is 10.2. The second-order valence-corrected chi connectivity index (χ2v) is 8.75. The van der Waals surface area contributed by atoms with Crippen molar-refractivity contribution in [2.75, 3.05) is 5.84 Å². The number of imide groups is 1. The number of nitrogens with two attached hydrogens (primary N) is 2. The summed E-state index contributed by atoms with van der Waals surface area (Å²) in [7, 11) is 0. The molecule has 146 valence electrons. The number of aromatic nitrogens is 3. The fourth-order valence-corrected chi connectivity index (χ4v) is 3.43. The summed E-state index contributed by atoms with van der Waals surface area (Å²) in [5.74, 6) is 6.10. The molecule has 1 atom stereocenters. The highest BCUT2D eigenvalue weighted by molar-refractivity contribution is 8.00. The van der Waals surface area contributed by atoms with E-state index in [1.165, 1.54) is 10.2 Å². The van der Waals surface area contributed by atoms with Crippen molar-refractivity contribution in [2.45, 2.75) is 50.4 Å². The average Bonchev–Trinajstić information content (AvgIpc) is 2.91. The van der Waals surface area contributed by atoms with Gasteiger partial charge in [0.25, 0.3) is 0 Å². The van der Waals surface area contributed by atoms with Crippen molar-refractivity contribution in [3.05, 3.63) is 29.8 Å². The van der Waals surface area contributed by atoms with Crippen molar-refractivity contribution in [3.8, 4) is 11.4 Å². The zero-order valence-electron chi connectivity index (χ0n) is 16.2. The van der Waals surface area contributed by atoms with Gasteiger partial charge in [0, 0.05) is 5.56 Å². The highest BCUT2D eigenvalue weighted by Gasteiger charge is 2.27. The standard InChI is InChI=1S/C18H26N6O2S/c1-10(2)13(15(25)21-16(19)26)27-17-23-22-14(24(17)20)11-6-8-12(9-7-11)18(3,4)5/h6-10,13H,20H2,1-5H3,(H3,19,21,25,26). The topological polar surface area (TPSA) is 129 Å². The van der Waals surface area contributed by atoms with Gasteiger partial charge in [-0.3, -0.25) is 10.1 Å². The lowest BCUT2D eigenvalue weighted by Crippen LogP contribution is -2.42. The van der Waals surface area contributed by atoms with Crippen LogP contribution in [0.5, 0.6) is 0 Å². The average molecular weight is 391 g/mol. The summed E-state index contributed by atoms with van der Waals surface area (Å²) < 4.78 is 1.35. The Morgan fingerprint density at radius 2 is 1.74 bits per heavy atom. The molecule has 1 unspecified atom stereocenters. The normalized spacial score (nSPS) is 12.8. The lowest BCUT2D eigenvalue weighted by molar-refractivity contribution is -0.120. The molecule has 1 aromatic carbocycles. The molecule has 0 aliphatic rings. The van der Waals surface area contributed by atoms with Crippen molar-refractivity contribution in [1.29, 1.82) is 0 Å². The zero-order chi connectivity index (χ0) is 20.4. The molecule has 1 aromatic heterocycles. The molecule has 3 amide bonds. The van der Waals surface area contributed by atoms with Gasteiger partial charge in [-0.15, -0.1) is 10.2 Å². The maximum absolute atomic E-state index is 12.2. The van der Waals surface area contributed by atoms with Gasteiger partial charge in [-0.05, 0) is 16.9 Å². The Hall–Kier alpha value is -2.55. The van der Waals surface area contributed by atoms with Gasteiger partial charge in [-0.1, -0.05) is 70.6 Å². The Morgan fingerprint density at radius 1 is 1.15 bits per heavy atom. The smallest absolute Gasteiger partial charge is 0.318 e. The quantitative estimate of drug-likeness (QED) is 0.530. The molecule has 0 bridgehead atoms. The third-order valence-electron chi connectivity index (χ3n) is 4.02. The number of carbonyl (C=O) groups excluding carboxylic acids is 2. The van der Waals surface area contributed by atoms with E-state index in [-0.39, 0.29) is 11.3 Å². The Labute approximate surface area is 163 Å². The van der Waals surface area contributed by atoms with Gasteiger partial charge in [-0.25, -0.2) is 9.47 Å². The molecule has 0 fully saturated rings. The van der Waals surface area contributed by atoms with Gasteiger partial charge < -0.3 is 11.6 Å². The molecule has 9 heteroatoms. The van der Waals surface area contributed by atoms with Crippen LogP contribution in [0.4, 0.5) is 4.79 Å². The Kier molecular flexibility index (Phi) is 6.15. The molecule has 8 nitrogen and oxygen atoms in total. The van der Waals surface area contributed by atoms with E-state index in [1.807, 2.05) is 38.1 Å². The van der Waals surface area contributed by atoms with Crippen LogP contribution in [0.1, 0.15) is 40.2 Å². The second kappa shape index (κ2) is 7.99. The number of rotatable bonds is 5. The van der Waals surface area contributed by atoms with Gasteiger partial charge in [0.15, 0.2) is 5.82 Å². The fraction of sp³-hybridized carbons (Fsp3) is 0.444. The van der Waals surface area contributed by atoms with E-state index >= 15 is 0 Å². The van der Waals surface area contributed by atoms with Crippen LogP contribution in [0.3, 0.4) is 0 Å². The van der Waals surface area contributed by atoms with E-state index < -0.39 is 17.2 Å². The van der Waals surface area contributed by atoms with Crippen molar-refractivity contribution in [2.24, 2.45) is 11.7 Å². The summed E-state index contributed by atoms with van der Waals surface area (Å²) in [6, 6.07) is 7.08. The summed E-state index contributed by atoms with van der Waals surface area (Å²) in [5.41, 5.74) is 7.12. The maximum Gasteiger partial charge on any atom is 0.318 e. The van der Waals surface area contributed by atoms with E-state index in [2.05, 4.69) is 36.3 Å². The number of nitrogen functional groups attached to an aromatic ring is 1. The number of hydrogen-bond donors (Lipinski definition) is 3. The van der Waals surface area contributed by atoms with Crippen LogP contribution in [0, 0.1) is 5.92 Å². The van der Waals surface area contributed by atoms with E-state index in [9.17, 15) is 9.59 Å². The maximum atomic E-state index is 12.2. The first-order chi connectivity index (χ1) is 12.5. The van der Waals surface area contributed by atoms with Gasteiger partial charge in [0.2, 0.25) is 11.1 Å². The predicted molar refractivity (Wildman–Crippen MR) is 107 cm³/mol. The third kappa shape index (κ3) is 5.00. The monoisotopic (exact) mass is 390 g/mol. The van der Waals surface area contributed by atoms with Crippen LogP contribution in [-0.4, -0.2) is 32.1 Å². The van der Waals surface area contributed by atoms with Crippen LogP contribution in [0.25, 0.3) is 11.4 Å². The number of carbonyl (C=O) groups is 2. The summed E-state index contributed by atoms with van der Waals surface area (Å²) in [6.07, 6.45) is 0. The largest absolute Gasteiger partial charge is 0.351 e. The van der Waals surface area contributed by atoms with Crippen LogP contribution in [-0.2, 0) is 10.2 Å². The summed E-state index contributed by atoms with van der Waals surface area (Å²) in [4.78, 5) is 23.2. The molecule has 0 aliphatic carbocycles. The first-order valence-electron chi connectivity index (χ1n) is 8.59. The lowest BCUT2D eigenvalue weighted by Gasteiger charge is -2.19. The highest BCUT2D eigenvalue weighted by Crippen LogP contribution is 2.30. The minimum Gasteiger partial charge on any atom is -0.351 e. The minimum absolute atomic E-state index is 0.0498. The molecule has 0 saturated heterocycles. The van der Waals surface area contributed by atoms with Crippen molar-refractivity contribution in [1.82, 2.24) is 20.2 Å². The van der Waals surface area contributed by atoms with Crippen LogP contribution < -0.4 is 16.9 Å². The summed E-state index contributed by atoms with van der Waals surface area (Å²) in [6.45, 7) is 10.2. The summed E-state index contributed by atoms with van der Waals surface area (Å²) >= 11 is 1.14. The number of nitrogens with zero attached hydrogens (tertiary/aromatic N) is 3. The number of primary amides is 1. The number of benzene rings is 1. The molecule has 5 N–H and O–H groups in total. The zero-order valence-corrected chi connectivity index (χ0v) is 17.0. The lowest BCUT2D eigenvalue weighted by atomic mass is 9.87. The van der Waals surface area contributed by atoms with Gasteiger partial charge in [0.1, 0.15) is 0 Å². The van der Waals surface area contributed by atoms with Crippen LogP contribution in [0.15, 0.2) is 29.4 Å². The second-order valence-electron chi connectivity index (χ2n) is 7.64. The molecule has 0 saturated carbocycles. The Bertz CT molecular complexity index is 823. The fourth-order valence-electron chi connectivity index (χ4n) is 2.47. The van der Waals surface area contributed by atoms with Gasteiger partial charge >= 0.3 is 6.03 Å². The first kappa shape index (κ1) is 20.8. The van der Waals surface area contributed by atoms with Gasteiger partial charge in [-0.2, -0.15) is 0 Å². The number of amides is 3. The van der Waals surface area contributed by atoms with Crippen molar-refractivity contribution < 1.29 is 9.59 Å². The van der Waals surface area contributed by atoms with Gasteiger partial charge in [0.05, 0.1) is 5.25 Å². The molecular weight excluding hydrogens is 364 g/mol. The van der Waals surface area contributed by atoms with E-state index in [1.54, 1.807) is 0 Å². The molecule has 27 heavy (non-hydrogen) atoms. The van der Waals surface area contributed by atoms with Crippen LogP contribution in [0.2, 0.25) is 0 Å². The first-order valence-corrected chi connectivity index (χ1v) is 9.47. The van der Waals surface area contributed by atoms with Crippen molar-refractivity contribution >= 4 is 23.7 Å². The highest BCUT2D eigenvalue weighted by atomic mass is 32.2. The van der Waals surface area contributed by atoms with E-state index in [0.717, 1.165) is 17.3 Å². The molecule has 2 aromatic rings. The minimum atomic E-state index is -0.889. The van der Waals surface area contributed by atoms with E-state index in [4.69, 9.17) is 11.6 Å². The van der Waals surface area contributed by atoms with Crippen LogP contribution >= 0.6 is 11.8 Å². The molecule has 1 heterocycles. The predicted octanol–water partition coefficient (Wildman–Crippen LogP) is 2.27. The molecule has 2 rings (SSSR count). The molecule has 0 aliphatic heterocycles. The molecule has 0 spiro atoms. The Morgan fingerprint density at radius 3 is 2.22 bits per heavy atom. The number of nitrogens with one attached hydrogen (secondary N) is 1. The third-order valence-corrected chi connectivity index (χ3v) is 5.52.